The van der Waals surface area contributed by atoms with Crippen LogP contribution >= 0.6 is 11.8 Å². The minimum Gasteiger partial charge on any atom is -0.326 e. The summed E-state index contributed by atoms with van der Waals surface area (Å²) < 4.78 is 0. The van der Waals surface area contributed by atoms with Gasteiger partial charge >= 0.3 is 0 Å². The summed E-state index contributed by atoms with van der Waals surface area (Å²) in [4.78, 5) is 4.51. The Morgan fingerprint density at radius 3 is 2.72 bits per heavy atom. The molecule has 0 aliphatic heterocycles. The maximum atomic E-state index is 6.31. The molecule has 1 aromatic heterocycles. The van der Waals surface area contributed by atoms with Crippen molar-refractivity contribution in [2.75, 3.05) is 0 Å². The molecule has 1 fully saturated rings. The molecule has 2 rings (SSSR count). The van der Waals surface area contributed by atoms with Crippen molar-refractivity contribution in [2.45, 2.75) is 62.0 Å². The third-order valence-electron chi connectivity index (χ3n) is 3.73. The summed E-state index contributed by atoms with van der Waals surface area (Å²) in [5.41, 5.74) is 7.46. The summed E-state index contributed by atoms with van der Waals surface area (Å²) in [7, 11) is 0. The van der Waals surface area contributed by atoms with Crippen molar-refractivity contribution in [1.82, 2.24) is 4.98 Å². The fraction of sp³-hybridized carbons (Fsp3) is 0.667. The summed E-state index contributed by atoms with van der Waals surface area (Å²) in [6.45, 7) is 2.17. The molecule has 0 bridgehead atoms. The van der Waals surface area contributed by atoms with Crippen LogP contribution < -0.4 is 5.73 Å². The smallest absolute Gasteiger partial charge is 0.0623 e. The fourth-order valence-electron chi connectivity index (χ4n) is 2.56. The fourth-order valence-corrected chi connectivity index (χ4v) is 4.25. The molecule has 1 aliphatic rings. The molecular weight excluding hydrogens is 240 g/mol. The van der Waals surface area contributed by atoms with Crippen LogP contribution in [0.4, 0.5) is 0 Å². The average Bonchev–Trinajstić information content (AvgIpc) is 2.46. The monoisotopic (exact) mass is 264 g/mol. The predicted octanol–water partition coefficient (Wildman–Crippen LogP) is 3.93. The van der Waals surface area contributed by atoms with Crippen LogP contribution in [0, 0.1) is 0 Å². The molecule has 2 nitrogen and oxygen atoms in total. The third kappa shape index (κ3) is 3.72. The third-order valence-corrected chi connectivity index (χ3v) is 5.47. The summed E-state index contributed by atoms with van der Waals surface area (Å²) in [5, 5.41) is 1.14. The standard InChI is InChI=1S/C15H24N2S/c1-2-13(16)15(14-10-6-7-11-17-14)18-12-8-4-3-5-9-12/h6-7,10-13,15H,2-5,8-9,16H2,1H3. The molecule has 0 saturated heterocycles. The summed E-state index contributed by atoms with van der Waals surface area (Å²) in [6, 6.07) is 6.38. The number of rotatable bonds is 5. The largest absolute Gasteiger partial charge is 0.326 e. The zero-order chi connectivity index (χ0) is 12.8. The van der Waals surface area contributed by atoms with Crippen LogP contribution in [0.5, 0.6) is 0 Å². The highest BCUT2D eigenvalue weighted by molar-refractivity contribution is 8.00. The first-order valence-corrected chi connectivity index (χ1v) is 8.07. The van der Waals surface area contributed by atoms with Gasteiger partial charge in [-0.15, -0.1) is 11.8 Å². The van der Waals surface area contributed by atoms with E-state index < -0.39 is 0 Å². The molecule has 0 radical (unpaired) electrons. The highest BCUT2D eigenvalue weighted by Crippen LogP contribution is 2.39. The summed E-state index contributed by atoms with van der Waals surface area (Å²) in [5.74, 6) is 0. The Kier molecular flexibility index (Phi) is 5.51. The normalized spacial score (nSPS) is 20.6. The SMILES string of the molecule is CCC(N)C(SC1CCCCC1)c1ccccn1. The Morgan fingerprint density at radius 2 is 2.11 bits per heavy atom. The Morgan fingerprint density at radius 1 is 1.33 bits per heavy atom. The highest BCUT2D eigenvalue weighted by atomic mass is 32.2. The van der Waals surface area contributed by atoms with Gasteiger partial charge < -0.3 is 5.73 Å². The number of aromatic nitrogens is 1. The van der Waals surface area contributed by atoms with Crippen molar-refractivity contribution in [3.8, 4) is 0 Å². The topological polar surface area (TPSA) is 38.9 Å². The van der Waals surface area contributed by atoms with Crippen LogP contribution in [-0.4, -0.2) is 16.3 Å². The van der Waals surface area contributed by atoms with Crippen molar-refractivity contribution in [1.29, 1.82) is 0 Å². The van der Waals surface area contributed by atoms with E-state index in [9.17, 15) is 0 Å². The van der Waals surface area contributed by atoms with E-state index in [2.05, 4.69) is 35.8 Å². The van der Waals surface area contributed by atoms with E-state index in [1.807, 2.05) is 12.3 Å². The Balaban J connectivity index is 2.05. The van der Waals surface area contributed by atoms with Crippen LogP contribution in [-0.2, 0) is 0 Å². The van der Waals surface area contributed by atoms with Crippen LogP contribution in [0.1, 0.15) is 56.4 Å². The van der Waals surface area contributed by atoms with Gasteiger partial charge in [-0.1, -0.05) is 32.3 Å². The van der Waals surface area contributed by atoms with Gasteiger partial charge in [0, 0.05) is 17.5 Å². The van der Waals surface area contributed by atoms with E-state index in [0.717, 1.165) is 17.4 Å². The molecule has 1 aliphatic carbocycles. The van der Waals surface area contributed by atoms with Gasteiger partial charge in [-0.3, -0.25) is 4.98 Å². The van der Waals surface area contributed by atoms with Gasteiger partial charge in [0.2, 0.25) is 0 Å². The first kappa shape index (κ1) is 13.9. The molecule has 0 aromatic carbocycles. The van der Waals surface area contributed by atoms with Crippen LogP contribution in [0.3, 0.4) is 0 Å². The minimum atomic E-state index is 0.215. The average molecular weight is 264 g/mol. The molecule has 0 amide bonds. The minimum absolute atomic E-state index is 0.215. The number of nitrogens with two attached hydrogens (primary N) is 1. The van der Waals surface area contributed by atoms with E-state index in [-0.39, 0.29) is 6.04 Å². The summed E-state index contributed by atoms with van der Waals surface area (Å²) in [6.07, 6.45) is 9.77. The van der Waals surface area contributed by atoms with E-state index in [4.69, 9.17) is 5.73 Å². The Bertz CT molecular complexity index is 336. The van der Waals surface area contributed by atoms with E-state index in [1.165, 1.54) is 32.1 Å². The van der Waals surface area contributed by atoms with Gasteiger partial charge in [-0.05, 0) is 31.4 Å². The zero-order valence-electron chi connectivity index (χ0n) is 11.2. The van der Waals surface area contributed by atoms with Gasteiger partial charge in [-0.25, -0.2) is 0 Å². The van der Waals surface area contributed by atoms with Gasteiger partial charge in [0.05, 0.1) is 10.9 Å². The molecule has 2 atom stereocenters. The van der Waals surface area contributed by atoms with E-state index in [0.29, 0.717) is 5.25 Å². The van der Waals surface area contributed by atoms with Gasteiger partial charge in [0.15, 0.2) is 0 Å². The van der Waals surface area contributed by atoms with Crippen molar-refractivity contribution in [3.05, 3.63) is 30.1 Å². The van der Waals surface area contributed by atoms with Crippen LogP contribution in [0.2, 0.25) is 0 Å². The highest BCUT2D eigenvalue weighted by Gasteiger charge is 2.25. The number of pyridine rings is 1. The van der Waals surface area contributed by atoms with Crippen molar-refractivity contribution in [3.63, 3.8) is 0 Å². The Labute approximate surface area is 115 Å². The lowest BCUT2D eigenvalue weighted by Gasteiger charge is -2.29. The van der Waals surface area contributed by atoms with Crippen molar-refractivity contribution < 1.29 is 0 Å². The second kappa shape index (κ2) is 7.15. The lowest BCUT2D eigenvalue weighted by Crippen LogP contribution is -2.28. The Hall–Kier alpha value is -0.540. The van der Waals surface area contributed by atoms with Crippen molar-refractivity contribution >= 4 is 11.8 Å². The lowest BCUT2D eigenvalue weighted by molar-refractivity contribution is 0.511. The molecule has 1 saturated carbocycles. The number of nitrogens with zero attached hydrogens (tertiary/aromatic N) is 1. The first-order valence-electron chi connectivity index (χ1n) is 7.13. The van der Waals surface area contributed by atoms with Crippen LogP contribution in [0.25, 0.3) is 0 Å². The van der Waals surface area contributed by atoms with Gasteiger partial charge in [0.25, 0.3) is 0 Å². The molecule has 2 N–H and O–H groups in total. The molecule has 2 unspecified atom stereocenters. The zero-order valence-corrected chi connectivity index (χ0v) is 12.0. The maximum Gasteiger partial charge on any atom is 0.0623 e. The van der Waals surface area contributed by atoms with Gasteiger partial charge in [-0.2, -0.15) is 0 Å². The number of thioether (sulfide) groups is 1. The van der Waals surface area contributed by atoms with E-state index in [1.54, 1.807) is 0 Å². The number of hydrogen-bond donors (Lipinski definition) is 1. The van der Waals surface area contributed by atoms with E-state index >= 15 is 0 Å². The second-order valence-corrected chi connectivity index (χ2v) is 6.59. The summed E-state index contributed by atoms with van der Waals surface area (Å²) >= 11 is 2.06. The first-order chi connectivity index (χ1) is 8.81. The van der Waals surface area contributed by atoms with Crippen LogP contribution in [0.15, 0.2) is 24.4 Å². The second-order valence-electron chi connectivity index (χ2n) is 5.14. The molecule has 18 heavy (non-hydrogen) atoms. The predicted molar refractivity (Wildman–Crippen MR) is 79.7 cm³/mol. The molecule has 0 spiro atoms. The van der Waals surface area contributed by atoms with Gasteiger partial charge in [0.1, 0.15) is 0 Å². The lowest BCUT2D eigenvalue weighted by atomic mass is 10.0. The number of hydrogen-bond acceptors (Lipinski definition) is 3. The molecule has 1 aromatic rings. The maximum absolute atomic E-state index is 6.31. The molecule has 100 valence electrons. The molecular formula is C15H24N2S. The molecule has 1 heterocycles. The quantitative estimate of drug-likeness (QED) is 0.876. The molecule has 3 heteroatoms. The van der Waals surface area contributed by atoms with Crippen molar-refractivity contribution in [2.24, 2.45) is 5.73 Å².